The maximum absolute atomic E-state index is 12.7. The average molecular weight is 281 g/mol. The molecule has 0 unspecified atom stereocenters. The number of amides is 1. The molecule has 0 atom stereocenters. The van der Waals surface area contributed by atoms with Crippen LogP contribution >= 0.6 is 24.0 Å². The molecule has 0 spiro atoms. The minimum atomic E-state index is -0.450. The largest absolute Gasteiger partial charge is 0.351 e. The third-order valence-corrected chi connectivity index (χ3v) is 2.33. The second-order valence-electron chi connectivity index (χ2n) is 3.23. The second-order valence-corrected chi connectivity index (χ2v) is 3.64. The predicted octanol–water partition coefficient (Wildman–Crippen LogP) is 2.24. The normalized spacial score (nSPS) is 9.59. The number of carbonyl (C=O) groups is 1. The number of hydrogen-bond donors (Lipinski definition) is 2. The Hall–Kier alpha value is -0.840. The molecule has 17 heavy (non-hydrogen) atoms. The first-order valence-corrected chi connectivity index (χ1v) is 5.47. The summed E-state index contributed by atoms with van der Waals surface area (Å²) in [5.74, 6) is -0.739. The van der Waals surface area contributed by atoms with Gasteiger partial charge in [0, 0.05) is 13.1 Å². The molecule has 0 aromatic heterocycles. The Balaban J connectivity index is 0.00000256. The lowest BCUT2D eigenvalue weighted by molar-refractivity contribution is 0.0954. The van der Waals surface area contributed by atoms with Crippen molar-refractivity contribution in [3.63, 3.8) is 0 Å². The third-order valence-electron chi connectivity index (χ3n) is 2.01. The molecule has 2 N–H and O–H groups in total. The molecular formula is C11H15Cl2FN2O. The van der Waals surface area contributed by atoms with Crippen molar-refractivity contribution in [1.82, 2.24) is 10.6 Å². The van der Waals surface area contributed by atoms with Crippen LogP contribution < -0.4 is 10.6 Å². The van der Waals surface area contributed by atoms with Gasteiger partial charge in [-0.1, -0.05) is 18.5 Å². The first-order valence-electron chi connectivity index (χ1n) is 5.09. The summed E-state index contributed by atoms with van der Waals surface area (Å²) in [6.07, 6.45) is 0. The highest BCUT2D eigenvalue weighted by Gasteiger charge is 2.09. The van der Waals surface area contributed by atoms with E-state index in [1.807, 2.05) is 6.92 Å². The molecule has 0 fully saturated rings. The van der Waals surface area contributed by atoms with Crippen LogP contribution in [0.3, 0.4) is 0 Å². The van der Waals surface area contributed by atoms with Crippen molar-refractivity contribution in [1.29, 1.82) is 0 Å². The van der Waals surface area contributed by atoms with Gasteiger partial charge < -0.3 is 10.6 Å². The van der Waals surface area contributed by atoms with E-state index < -0.39 is 5.82 Å². The second kappa shape index (κ2) is 8.28. The smallest absolute Gasteiger partial charge is 0.252 e. The van der Waals surface area contributed by atoms with Gasteiger partial charge in [0.1, 0.15) is 5.82 Å². The number of halogens is 3. The summed E-state index contributed by atoms with van der Waals surface area (Å²) in [5, 5.41) is 5.88. The van der Waals surface area contributed by atoms with Crippen LogP contribution in [-0.4, -0.2) is 25.5 Å². The fourth-order valence-electron chi connectivity index (χ4n) is 1.21. The van der Waals surface area contributed by atoms with Gasteiger partial charge >= 0.3 is 0 Å². The highest BCUT2D eigenvalue weighted by Crippen LogP contribution is 2.16. The highest BCUT2D eigenvalue weighted by molar-refractivity contribution is 6.33. The van der Waals surface area contributed by atoms with Crippen LogP contribution in [0.2, 0.25) is 5.02 Å². The molecule has 0 heterocycles. The van der Waals surface area contributed by atoms with Crippen molar-refractivity contribution in [3.05, 3.63) is 34.6 Å². The summed E-state index contributed by atoms with van der Waals surface area (Å²) in [6, 6.07) is 3.71. The van der Waals surface area contributed by atoms with Crippen LogP contribution in [0.1, 0.15) is 17.3 Å². The first kappa shape index (κ1) is 16.2. The summed E-state index contributed by atoms with van der Waals surface area (Å²) in [6.45, 7) is 4.05. The van der Waals surface area contributed by atoms with Crippen LogP contribution in [0.15, 0.2) is 18.2 Å². The molecule has 1 rings (SSSR count). The van der Waals surface area contributed by atoms with E-state index in [0.717, 1.165) is 12.6 Å². The van der Waals surface area contributed by atoms with Gasteiger partial charge in [-0.3, -0.25) is 4.79 Å². The Bertz CT molecular complexity index is 374. The summed E-state index contributed by atoms with van der Waals surface area (Å²) in [5.41, 5.74) is 0.291. The van der Waals surface area contributed by atoms with Crippen molar-refractivity contribution in [3.8, 4) is 0 Å². The molecule has 0 aliphatic heterocycles. The van der Waals surface area contributed by atoms with Crippen LogP contribution in [-0.2, 0) is 0 Å². The van der Waals surface area contributed by atoms with Crippen LogP contribution in [0.25, 0.3) is 0 Å². The zero-order valence-corrected chi connectivity index (χ0v) is 11.0. The van der Waals surface area contributed by atoms with Gasteiger partial charge in [0.2, 0.25) is 0 Å². The number of carbonyl (C=O) groups excluding carboxylic acids is 1. The molecule has 0 saturated heterocycles. The van der Waals surface area contributed by atoms with Crippen molar-refractivity contribution in [2.45, 2.75) is 6.92 Å². The number of nitrogens with one attached hydrogen (secondary N) is 2. The Labute approximate surface area is 111 Å². The zero-order chi connectivity index (χ0) is 12.0. The molecule has 1 aromatic carbocycles. The lowest BCUT2D eigenvalue weighted by Crippen LogP contribution is -2.31. The molecule has 0 aliphatic carbocycles. The Morgan fingerprint density at radius 1 is 1.41 bits per heavy atom. The van der Waals surface area contributed by atoms with Crippen molar-refractivity contribution < 1.29 is 9.18 Å². The van der Waals surface area contributed by atoms with E-state index in [4.69, 9.17) is 11.6 Å². The number of hydrogen-bond acceptors (Lipinski definition) is 2. The molecular weight excluding hydrogens is 266 g/mol. The Morgan fingerprint density at radius 2 is 2.12 bits per heavy atom. The molecule has 96 valence electrons. The van der Waals surface area contributed by atoms with E-state index in [1.54, 1.807) is 0 Å². The number of rotatable bonds is 5. The molecule has 6 heteroatoms. The molecule has 0 bridgehead atoms. The minimum Gasteiger partial charge on any atom is -0.351 e. The van der Waals surface area contributed by atoms with Crippen molar-refractivity contribution in [2.24, 2.45) is 0 Å². The van der Waals surface area contributed by atoms with Gasteiger partial charge in [0.05, 0.1) is 10.6 Å². The van der Waals surface area contributed by atoms with E-state index >= 15 is 0 Å². The van der Waals surface area contributed by atoms with Crippen molar-refractivity contribution >= 4 is 29.9 Å². The molecule has 1 amide bonds. The summed E-state index contributed by atoms with van der Waals surface area (Å²) < 4.78 is 12.7. The van der Waals surface area contributed by atoms with Crippen LogP contribution in [0, 0.1) is 5.82 Å². The molecule has 1 aromatic rings. The fourth-order valence-corrected chi connectivity index (χ4v) is 1.46. The van der Waals surface area contributed by atoms with E-state index in [0.29, 0.717) is 18.7 Å². The quantitative estimate of drug-likeness (QED) is 0.813. The minimum absolute atomic E-state index is 0. The van der Waals surface area contributed by atoms with E-state index in [1.165, 1.54) is 12.1 Å². The monoisotopic (exact) mass is 280 g/mol. The number of benzene rings is 1. The van der Waals surface area contributed by atoms with Gasteiger partial charge in [-0.15, -0.1) is 12.4 Å². The average Bonchev–Trinajstić information content (AvgIpc) is 2.24. The first-order chi connectivity index (χ1) is 7.65. The van der Waals surface area contributed by atoms with E-state index in [2.05, 4.69) is 10.6 Å². The lowest BCUT2D eigenvalue weighted by atomic mass is 10.2. The predicted molar refractivity (Wildman–Crippen MR) is 69.5 cm³/mol. The lowest BCUT2D eigenvalue weighted by Gasteiger charge is -2.06. The van der Waals surface area contributed by atoms with Gasteiger partial charge in [-0.05, 0) is 24.7 Å². The topological polar surface area (TPSA) is 41.1 Å². The summed E-state index contributed by atoms with van der Waals surface area (Å²) in [4.78, 5) is 11.6. The summed E-state index contributed by atoms with van der Waals surface area (Å²) >= 11 is 5.75. The van der Waals surface area contributed by atoms with Gasteiger partial charge in [-0.2, -0.15) is 0 Å². The maximum Gasteiger partial charge on any atom is 0.252 e. The zero-order valence-electron chi connectivity index (χ0n) is 9.43. The summed E-state index contributed by atoms with van der Waals surface area (Å²) in [7, 11) is 0. The van der Waals surface area contributed by atoms with Crippen LogP contribution in [0.5, 0.6) is 0 Å². The van der Waals surface area contributed by atoms with Crippen molar-refractivity contribution in [2.75, 3.05) is 19.6 Å². The molecule has 0 aliphatic rings. The van der Waals surface area contributed by atoms with Gasteiger partial charge in [0.25, 0.3) is 5.91 Å². The Kier molecular flexibility index (Phi) is 7.87. The maximum atomic E-state index is 12.7. The highest BCUT2D eigenvalue weighted by atomic mass is 35.5. The molecule has 3 nitrogen and oxygen atoms in total. The molecule has 0 radical (unpaired) electrons. The van der Waals surface area contributed by atoms with Crippen LogP contribution in [0.4, 0.5) is 4.39 Å². The van der Waals surface area contributed by atoms with Gasteiger partial charge in [-0.25, -0.2) is 4.39 Å². The SMILES string of the molecule is CCNCCNC(=O)c1ccc(F)cc1Cl.Cl. The Morgan fingerprint density at radius 3 is 2.71 bits per heavy atom. The number of likely N-dealkylation sites (N-methyl/N-ethyl adjacent to an activating group) is 1. The van der Waals surface area contributed by atoms with E-state index in [-0.39, 0.29) is 23.3 Å². The standard InChI is InChI=1S/C11H14ClFN2O.ClH/c1-2-14-5-6-15-11(16)9-4-3-8(13)7-10(9)12;/h3-4,7,14H,2,5-6H2,1H3,(H,15,16);1H. The van der Waals surface area contributed by atoms with E-state index in [9.17, 15) is 9.18 Å². The fraction of sp³-hybridized carbons (Fsp3) is 0.364. The third kappa shape index (κ3) is 5.35. The van der Waals surface area contributed by atoms with Gasteiger partial charge in [0.15, 0.2) is 0 Å². The molecule has 0 saturated carbocycles.